The van der Waals surface area contributed by atoms with Gasteiger partial charge in [0.2, 0.25) is 0 Å². The van der Waals surface area contributed by atoms with Crippen molar-refractivity contribution in [1.82, 2.24) is 5.32 Å². The van der Waals surface area contributed by atoms with Crippen molar-refractivity contribution in [2.75, 3.05) is 20.8 Å². The second kappa shape index (κ2) is 7.37. The molecule has 1 amide bonds. The largest absolute Gasteiger partial charge is 0.497 e. The molecule has 0 spiro atoms. The Bertz CT molecular complexity index is 464. The van der Waals surface area contributed by atoms with Crippen LogP contribution < -0.4 is 14.8 Å². The molecule has 0 aliphatic heterocycles. The Morgan fingerprint density at radius 2 is 1.75 bits per heavy atom. The van der Waals surface area contributed by atoms with Crippen LogP contribution in [0.3, 0.4) is 0 Å². The lowest BCUT2D eigenvalue weighted by molar-refractivity contribution is -0.137. The highest BCUT2D eigenvalue weighted by atomic mass is 16.5. The van der Waals surface area contributed by atoms with Crippen LogP contribution in [0.4, 0.5) is 0 Å². The molecular formula is C14H19NO5. The molecule has 0 aliphatic rings. The minimum Gasteiger partial charge on any atom is -0.497 e. The summed E-state index contributed by atoms with van der Waals surface area (Å²) in [4.78, 5) is 22.5. The van der Waals surface area contributed by atoms with Crippen LogP contribution in [0.25, 0.3) is 0 Å². The number of carboxylic acid groups (broad SMARTS) is 1. The normalized spacial score (nSPS) is 11.6. The van der Waals surface area contributed by atoms with Gasteiger partial charge in [-0.15, -0.1) is 0 Å². The van der Waals surface area contributed by atoms with Crippen LogP contribution in [0, 0.1) is 5.92 Å². The van der Waals surface area contributed by atoms with Gasteiger partial charge in [0.25, 0.3) is 5.91 Å². The highest BCUT2D eigenvalue weighted by Crippen LogP contribution is 2.22. The maximum absolute atomic E-state index is 12.0. The predicted molar refractivity (Wildman–Crippen MR) is 73.3 cm³/mol. The van der Waals surface area contributed by atoms with Gasteiger partial charge in [0.15, 0.2) is 0 Å². The van der Waals surface area contributed by atoms with E-state index in [-0.39, 0.29) is 18.2 Å². The average Bonchev–Trinajstić information content (AvgIpc) is 2.43. The van der Waals surface area contributed by atoms with Gasteiger partial charge in [0, 0.05) is 24.6 Å². The number of rotatable bonds is 7. The third kappa shape index (κ3) is 4.79. The molecule has 1 unspecified atom stereocenters. The summed E-state index contributed by atoms with van der Waals surface area (Å²) in [5, 5.41) is 11.4. The van der Waals surface area contributed by atoms with Crippen LogP contribution in [0.5, 0.6) is 11.5 Å². The van der Waals surface area contributed by atoms with Gasteiger partial charge in [-0.1, -0.05) is 6.92 Å². The second-order valence-electron chi connectivity index (χ2n) is 4.51. The smallest absolute Gasteiger partial charge is 0.303 e. The molecule has 0 bridgehead atoms. The Morgan fingerprint density at radius 3 is 2.20 bits per heavy atom. The first kappa shape index (κ1) is 15.8. The van der Waals surface area contributed by atoms with Crippen LogP contribution in [-0.2, 0) is 4.79 Å². The Labute approximate surface area is 117 Å². The number of nitrogens with one attached hydrogen (secondary N) is 1. The molecule has 2 N–H and O–H groups in total. The zero-order valence-corrected chi connectivity index (χ0v) is 11.8. The van der Waals surface area contributed by atoms with E-state index in [4.69, 9.17) is 14.6 Å². The van der Waals surface area contributed by atoms with Crippen molar-refractivity contribution in [3.05, 3.63) is 23.8 Å². The van der Waals surface area contributed by atoms with Gasteiger partial charge in [-0.2, -0.15) is 0 Å². The number of carboxylic acids is 1. The van der Waals surface area contributed by atoms with Gasteiger partial charge >= 0.3 is 5.97 Å². The summed E-state index contributed by atoms with van der Waals surface area (Å²) in [6.07, 6.45) is 0.0156. The SMILES string of the molecule is COc1cc(OC)cc(C(=O)NCC(C)CC(=O)O)c1. The maximum atomic E-state index is 12.0. The van der Waals surface area contributed by atoms with Crippen LogP contribution in [-0.4, -0.2) is 37.7 Å². The molecule has 1 rings (SSSR count). The molecule has 20 heavy (non-hydrogen) atoms. The Kier molecular flexibility index (Phi) is 5.83. The highest BCUT2D eigenvalue weighted by molar-refractivity contribution is 5.95. The molecule has 110 valence electrons. The molecule has 1 aromatic carbocycles. The van der Waals surface area contributed by atoms with Gasteiger partial charge in [-0.3, -0.25) is 9.59 Å². The van der Waals surface area contributed by atoms with Crippen molar-refractivity contribution in [2.24, 2.45) is 5.92 Å². The summed E-state index contributed by atoms with van der Waals surface area (Å²) in [7, 11) is 3.01. The first-order valence-corrected chi connectivity index (χ1v) is 6.19. The molecule has 1 aromatic rings. The Hall–Kier alpha value is -2.24. The van der Waals surface area contributed by atoms with Gasteiger partial charge < -0.3 is 19.9 Å². The summed E-state index contributed by atoms with van der Waals surface area (Å²) in [6, 6.07) is 4.86. The van der Waals surface area contributed by atoms with Gasteiger partial charge in [-0.25, -0.2) is 0 Å². The van der Waals surface area contributed by atoms with E-state index in [1.807, 2.05) is 0 Å². The topological polar surface area (TPSA) is 84.9 Å². The van der Waals surface area contributed by atoms with E-state index in [0.717, 1.165) is 0 Å². The summed E-state index contributed by atoms with van der Waals surface area (Å²) in [6.45, 7) is 2.06. The molecule has 0 radical (unpaired) electrons. The number of methoxy groups -OCH3 is 2. The van der Waals surface area contributed by atoms with Crippen molar-refractivity contribution in [2.45, 2.75) is 13.3 Å². The lowest BCUT2D eigenvalue weighted by Gasteiger charge is -2.12. The van der Waals surface area contributed by atoms with E-state index in [1.54, 1.807) is 25.1 Å². The third-order valence-electron chi connectivity index (χ3n) is 2.75. The van der Waals surface area contributed by atoms with Crippen molar-refractivity contribution >= 4 is 11.9 Å². The Balaban J connectivity index is 2.69. The number of carbonyl (C=O) groups is 2. The van der Waals surface area contributed by atoms with Crippen LogP contribution in [0.15, 0.2) is 18.2 Å². The van der Waals surface area contributed by atoms with Gasteiger partial charge in [-0.05, 0) is 18.1 Å². The first-order chi connectivity index (χ1) is 9.46. The molecule has 1 atom stereocenters. The fourth-order valence-corrected chi connectivity index (χ4v) is 1.68. The van der Waals surface area contributed by atoms with Crippen molar-refractivity contribution in [3.8, 4) is 11.5 Å². The number of hydrogen-bond donors (Lipinski definition) is 2. The predicted octanol–water partition coefficient (Wildman–Crippen LogP) is 1.54. The van der Waals surface area contributed by atoms with Crippen molar-refractivity contribution in [3.63, 3.8) is 0 Å². The highest BCUT2D eigenvalue weighted by Gasteiger charge is 2.12. The minimum absolute atomic E-state index is 0.0156. The molecule has 6 heteroatoms. The van der Waals surface area contributed by atoms with E-state index in [1.165, 1.54) is 14.2 Å². The second-order valence-corrected chi connectivity index (χ2v) is 4.51. The summed E-state index contributed by atoms with van der Waals surface area (Å²) >= 11 is 0. The van der Waals surface area contributed by atoms with E-state index >= 15 is 0 Å². The number of ether oxygens (including phenoxy) is 2. The minimum atomic E-state index is -0.880. The molecular weight excluding hydrogens is 262 g/mol. The summed E-state index contributed by atoms with van der Waals surface area (Å²) in [5.74, 6) is -0.264. The molecule has 0 saturated heterocycles. The summed E-state index contributed by atoms with van der Waals surface area (Å²) < 4.78 is 10.2. The van der Waals surface area contributed by atoms with E-state index in [9.17, 15) is 9.59 Å². The summed E-state index contributed by atoms with van der Waals surface area (Å²) in [5.41, 5.74) is 0.406. The fraction of sp³-hybridized carbons (Fsp3) is 0.429. The van der Waals surface area contributed by atoms with Crippen LogP contribution in [0.1, 0.15) is 23.7 Å². The zero-order valence-electron chi connectivity index (χ0n) is 11.8. The molecule has 6 nitrogen and oxygen atoms in total. The third-order valence-corrected chi connectivity index (χ3v) is 2.75. The van der Waals surface area contributed by atoms with Crippen molar-refractivity contribution in [1.29, 1.82) is 0 Å². The number of hydrogen-bond acceptors (Lipinski definition) is 4. The quantitative estimate of drug-likeness (QED) is 0.792. The monoisotopic (exact) mass is 281 g/mol. The van der Waals surface area contributed by atoms with Crippen LogP contribution in [0.2, 0.25) is 0 Å². The number of carbonyl (C=O) groups excluding carboxylic acids is 1. The number of benzene rings is 1. The van der Waals surface area contributed by atoms with E-state index in [0.29, 0.717) is 23.6 Å². The van der Waals surface area contributed by atoms with Gasteiger partial charge in [0.05, 0.1) is 14.2 Å². The molecule has 0 aliphatic carbocycles. The first-order valence-electron chi connectivity index (χ1n) is 6.19. The zero-order chi connectivity index (χ0) is 15.1. The Morgan fingerprint density at radius 1 is 1.20 bits per heavy atom. The molecule has 0 fully saturated rings. The molecule has 0 saturated carbocycles. The van der Waals surface area contributed by atoms with E-state index in [2.05, 4.69) is 5.32 Å². The van der Waals surface area contributed by atoms with Gasteiger partial charge in [0.1, 0.15) is 11.5 Å². The maximum Gasteiger partial charge on any atom is 0.303 e. The lowest BCUT2D eigenvalue weighted by atomic mass is 10.1. The lowest BCUT2D eigenvalue weighted by Crippen LogP contribution is -2.29. The number of amides is 1. The molecule has 0 heterocycles. The molecule has 0 aromatic heterocycles. The average molecular weight is 281 g/mol. The fourth-order valence-electron chi connectivity index (χ4n) is 1.68. The number of aliphatic carboxylic acids is 1. The van der Waals surface area contributed by atoms with Crippen LogP contribution >= 0.6 is 0 Å². The van der Waals surface area contributed by atoms with E-state index < -0.39 is 5.97 Å². The standard InChI is InChI=1S/C14H19NO5/c1-9(4-13(16)17)8-15-14(18)10-5-11(19-2)7-12(6-10)20-3/h5-7,9H,4,8H2,1-3H3,(H,15,18)(H,16,17). The van der Waals surface area contributed by atoms with Crippen molar-refractivity contribution < 1.29 is 24.2 Å².